The highest BCUT2D eigenvalue weighted by Crippen LogP contribution is 2.31. The lowest BCUT2D eigenvalue weighted by Crippen LogP contribution is -2.38. The van der Waals surface area contributed by atoms with Crippen molar-refractivity contribution in [3.63, 3.8) is 0 Å². The number of nitrogens with zero attached hydrogens (tertiary/aromatic N) is 1. The van der Waals surface area contributed by atoms with E-state index >= 15 is 0 Å². The molecule has 27 heavy (non-hydrogen) atoms. The smallest absolute Gasteiger partial charge is 0.306 e. The first-order chi connectivity index (χ1) is 13.0. The molecular weight excluding hydrogens is 366 g/mol. The second-order valence-electron chi connectivity index (χ2n) is 6.54. The van der Waals surface area contributed by atoms with E-state index in [4.69, 9.17) is 16.3 Å². The molecule has 1 amide bonds. The van der Waals surface area contributed by atoms with Crippen molar-refractivity contribution in [2.75, 3.05) is 11.5 Å². The van der Waals surface area contributed by atoms with Crippen LogP contribution in [0.5, 0.6) is 0 Å². The first-order valence-electron chi connectivity index (χ1n) is 8.80. The van der Waals surface area contributed by atoms with Gasteiger partial charge in [-0.15, -0.1) is 0 Å². The van der Waals surface area contributed by atoms with Crippen LogP contribution in [0.15, 0.2) is 48.5 Å². The Kier molecular flexibility index (Phi) is 5.91. The fourth-order valence-electron chi connectivity index (χ4n) is 3.23. The molecule has 0 aliphatic carbocycles. The van der Waals surface area contributed by atoms with Crippen molar-refractivity contribution in [1.82, 2.24) is 0 Å². The van der Waals surface area contributed by atoms with Gasteiger partial charge in [-0.25, -0.2) is 0 Å². The topological polar surface area (TPSA) is 63.7 Å². The normalized spacial score (nSPS) is 15.3. The number of carbonyl (C=O) groups is 3. The molecule has 0 saturated carbocycles. The predicted molar refractivity (Wildman–Crippen MR) is 103 cm³/mol. The number of anilines is 1. The Morgan fingerprint density at radius 3 is 2.52 bits per heavy atom. The fourth-order valence-corrected chi connectivity index (χ4v) is 3.35. The van der Waals surface area contributed by atoms with E-state index in [-0.39, 0.29) is 37.2 Å². The van der Waals surface area contributed by atoms with Crippen molar-refractivity contribution in [3.8, 4) is 0 Å². The number of hydrogen-bond donors (Lipinski definition) is 0. The highest BCUT2D eigenvalue weighted by Gasteiger charge is 2.30. The number of esters is 1. The molecule has 0 N–H and O–H groups in total. The van der Waals surface area contributed by atoms with Gasteiger partial charge in [0.25, 0.3) is 5.91 Å². The number of benzene rings is 2. The highest BCUT2D eigenvalue weighted by molar-refractivity contribution is 6.30. The third-order valence-electron chi connectivity index (χ3n) is 4.55. The van der Waals surface area contributed by atoms with Gasteiger partial charge in [-0.1, -0.05) is 29.8 Å². The van der Waals surface area contributed by atoms with Crippen molar-refractivity contribution in [2.45, 2.75) is 32.2 Å². The fraction of sp³-hybridized carbons (Fsp3) is 0.286. The van der Waals surface area contributed by atoms with E-state index in [1.807, 2.05) is 31.2 Å². The maximum Gasteiger partial charge on any atom is 0.306 e. The van der Waals surface area contributed by atoms with Gasteiger partial charge in [-0.2, -0.15) is 0 Å². The monoisotopic (exact) mass is 385 g/mol. The third kappa shape index (κ3) is 4.55. The molecule has 1 aliphatic heterocycles. The van der Waals surface area contributed by atoms with Crippen molar-refractivity contribution in [1.29, 1.82) is 0 Å². The molecule has 5 nitrogen and oxygen atoms in total. The summed E-state index contributed by atoms with van der Waals surface area (Å²) in [6, 6.07) is 14.2. The maximum atomic E-state index is 12.5. The van der Waals surface area contributed by atoms with Crippen LogP contribution in [0.3, 0.4) is 0 Å². The average Bonchev–Trinajstić information content (AvgIpc) is 3.00. The molecular formula is C21H20ClNO4. The van der Waals surface area contributed by atoms with E-state index in [0.29, 0.717) is 10.6 Å². The molecule has 0 fully saturated rings. The molecule has 0 saturated heterocycles. The van der Waals surface area contributed by atoms with E-state index < -0.39 is 5.97 Å². The lowest BCUT2D eigenvalue weighted by Gasteiger charge is -2.22. The number of fused-ring (bicyclic) bond motifs is 1. The molecule has 3 rings (SSSR count). The van der Waals surface area contributed by atoms with Crippen LogP contribution in [-0.2, 0) is 20.7 Å². The molecule has 2 aromatic rings. The summed E-state index contributed by atoms with van der Waals surface area (Å²) in [4.78, 5) is 38.1. The van der Waals surface area contributed by atoms with Gasteiger partial charge in [0, 0.05) is 28.7 Å². The van der Waals surface area contributed by atoms with Crippen LogP contribution in [0, 0.1) is 0 Å². The standard InChI is InChI=1S/C21H20ClNO4/c1-14-12-16-4-2-3-5-18(16)23(14)20(25)13-27-21(26)11-10-19(24)15-6-8-17(22)9-7-15/h2-9,14H,10-13H2,1H3/t14-/m0/s1. The minimum Gasteiger partial charge on any atom is -0.456 e. The molecule has 1 atom stereocenters. The number of hydrogen-bond acceptors (Lipinski definition) is 4. The van der Waals surface area contributed by atoms with Gasteiger partial charge >= 0.3 is 5.97 Å². The van der Waals surface area contributed by atoms with Crippen LogP contribution in [-0.4, -0.2) is 30.3 Å². The number of Topliss-reactive ketones (excluding diaryl/α,β-unsaturated/α-hetero) is 1. The van der Waals surface area contributed by atoms with Gasteiger partial charge in [-0.05, 0) is 49.2 Å². The number of rotatable bonds is 6. The molecule has 1 heterocycles. The van der Waals surface area contributed by atoms with Crippen LogP contribution in [0.4, 0.5) is 5.69 Å². The van der Waals surface area contributed by atoms with Crippen LogP contribution in [0.1, 0.15) is 35.7 Å². The van der Waals surface area contributed by atoms with Gasteiger partial charge in [-0.3, -0.25) is 14.4 Å². The average molecular weight is 386 g/mol. The predicted octanol–water partition coefficient (Wildman–Crippen LogP) is 3.82. The Hall–Kier alpha value is -2.66. The SMILES string of the molecule is C[C@H]1Cc2ccccc2N1C(=O)COC(=O)CCC(=O)c1ccc(Cl)cc1. The first kappa shape index (κ1) is 19.1. The molecule has 0 spiro atoms. The van der Waals surface area contributed by atoms with E-state index in [9.17, 15) is 14.4 Å². The summed E-state index contributed by atoms with van der Waals surface area (Å²) < 4.78 is 5.08. The van der Waals surface area contributed by atoms with E-state index in [1.165, 1.54) is 0 Å². The van der Waals surface area contributed by atoms with E-state index in [0.717, 1.165) is 17.7 Å². The first-order valence-corrected chi connectivity index (χ1v) is 9.18. The quantitative estimate of drug-likeness (QED) is 0.560. The number of ketones is 1. The number of halogens is 1. The molecule has 0 radical (unpaired) electrons. The lowest BCUT2D eigenvalue weighted by atomic mass is 10.1. The Balaban J connectivity index is 1.48. The van der Waals surface area contributed by atoms with Gasteiger partial charge in [0.1, 0.15) is 0 Å². The molecule has 6 heteroatoms. The summed E-state index contributed by atoms with van der Waals surface area (Å²) in [6.45, 7) is 1.64. The summed E-state index contributed by atoms with van der Waals surface area (Å²) >= 11 is 5.79. The number of carbonyl (C=O) groups excluding carboxylic acids is 3. The second kappa shape index (κ2) is 8.35. The van der Waals surface area contributed by atoms with Crippen LogP contribution in [0.25, 0.3) is 0 Å². The van der Waals surface area contributed by atoms with Gasteiger partial charge in [0.15, 0.2) is 12.4 Å². The molecule has 1 aliphatic rings. The summed E-state index contributed by atoms with van der Waals surface area (Å²) in [5.41, 5.74) is 2.47. The Bertz CT molecular complexity index is 863. The number of amides is 1. The summed E-state index contributed by atoms with van der Waals surface area (Å²) in [7, 11) is 0. The minimum absolute atomic E-state index is 0.0254. The molecule has 0 aromatic heterocycles. The summed E-state index contributed by atoms with van der Waals surface area (Å²) in [6.07, 6.45) is 0.740. The Morgan fingerprint density at radius 1 is 1.07 bits per heavy atom. The zero-order valence-corrected chi connectivity index (χ0v) is 15.7. The summed E-state index contributed by atoms with van der Waals surface area (Å²) in [5.74, 6) is -0.993. The van der Waals surface area contributed by atoms with E-state index in [2.05, 4.69) is 0 Å². The van der Waals surface area contributed by atoms with Crippen LogP contribution in [0.2, 0.25) is 5.02 Å². The summed E-state index contributed by atoms with van der Waals surface area (Å²) in [5, 5.41) is 0.544. The number of ether oxygens (including phenoxy) is 1. The Morgan fingerprint density at radius 2 is 1.78 bits per heavy atom. The molecule has 2 aromatic carbocycles. The zero-order chi connectivity index (χ0) is 19.4. The van der Waals surface area contributed by atoms with Crippen molar-refractivity contribution in [3.05, 3.63) is 64.7 Å². The third-order valence-corrected chi connectivity index (χ3v) is 4.81. The zero-order valence-electron chi connectivity index (χ0n) is 15.0. The van der Waals surface area contributed by atoms with E-state index in [1.54, 1.807) is 29.2 Å². The molecule has 0 bridgehead atoms. The molecule has 0 unspecified atom stereocenters. The van der Waals surface area contributed by atoms with Crippen molar-refractivity contribution in [2.24, 2.45) is 0 Å². The lowest BCUT2D eigenvalue weighted by molar-refractivity contribution is -0.147. The van der Waals surface area contributed by atoms with Gasteiger partial charge in [0.05, 0.1) is 6.42 Å². The number of para-hydroxylation sites is 1. The minimum atomic E-state index is -0.564. The second-order valence-corrected chi connectivity index (χ2v) is 6.97. The van der Waals surface area contributed by atoms with Crippen molar-refractivity contribution >= 4 is 34.9 Å². The molecule has 140 valence electrons. The largest absolute Gasteiger partial charge is 0.456 e. The Labute approximate surface area is 162 Å². The van der Waals surface area contributed by atoms with Crippen LogP contribution >= 0.6 is 11.6 Å². The van der Waals surface area contributed by atoms with Crippen molar-refractivity contribution < 1.29 is 19.1 Å². The van der Waals surface area contributed by atoms with Gasteiger partial charge < -0.3 is 9.64 Å². The highest BCUT2D eigenvalue weighted by atomic mass is 35.5. The van der Waals surface area contributed by atoms with Crippen LogP contribution < -0.4 is 4.90 Å². The van der Waals surface area contributed by atoms with Gasteiger partial charge in [0.2, 0.25) is 0 Å². The maximum absolute atomic E-state index is 12.5.